The molecule has 2 N–H and O–H groups in total. The molecule has 0 unspecified atom stereocenters. The molecule has 0 aliphatic carbocycles. The Labute approximate surface area is 154 Å². The molecule has 2 aliphatic heterocycles. The number of rotatable bonds is 3. The fraction of sp³-hybridized carbons (Fsp3) is 0.381. The van der Waals surface area contributed by atoms with Gasteiger partial charge in [-0.15, -0.1) is 0 Å². The number of hydroxylamine groups is 1. The Morgan fingerprint density at radius 2 is 1.81 bits per heavy atom. The average Bonchev–Trinajstić information content (AvgIpc) is 2.98. The zero-order chi connectivity index (χ0) is 18.1. The Bertz CT molecular complexity index is 795. The van der Waals surface area contributed by atoms with Crippen LogP contribution >= 0.6 is 0 Å². The van der Waals surface area contributed by atoms with E-state index in [1.807, 2.05) is 12.1 Å². The molecular formula is C21H25N3O2. The second-order valence-corrected chi connectivity index (χ2v) is 7.59. The van der Waals surface area contributed by atoms with Crippen molar-refractivity contribution in [3.8, 4) is 0 Å². The molecular weight excluding hydrogens is 326 g/mol. The lowest BCUT2D eigenvalue weighted by molar-refractivity contribution is 0.0706. The van der Waals surface area contributed by atoms with Crippen molar-refractivity contribution < 1.29 is 10.0 Å². The third kappa shape index (κ3) is 2.97. The van der Waals surface area contributed by atoms with Gasteiger partial charge in [0.05, 0.1) is 0 Å². The van der Waals surface area contributed by atoms with Crippen LogP contribution in [0, 0.1) is 0 Å². The zero-order valence-corrected chi connectivity index (χ0v) is 15.1. The SMILES string of the molecule is CN1CCC2(CC1)CN(Cc1ccc(C(=O)NO)cc1)c1ccccc12. The van der Waals surface area contributed by atoms with Crippen molar-refractivity contribution in [2.24, 2.45) is 0 Å². The highest BCUT2D eigenvalue weighted by atomic mass is 16.5. The molecule has 2 aromatic carbocycles. The molecule has 0 saturated carbocycles. The number of nitrogens with zero attached hydrogens (tertiary/aromatic N) is 2. The van der Waals surface area contributed by atoms with Gasteiger partial charge in [0.2, 0.25) is 0 Å². The van der Waals surface area contributed by atoms with E-state index < -0.39 is 5.91 Å². The topological polar surface area (TPSA) is 55.8 Å². The van der Waals surface area contributed by atoms with Crippen molar-refractivity contribution >= 4 is 11.6 Å². The highest BCUT2D eigenvalue weighted by molar-refractivity contribution is 5.93. The highest BCUT2D eigenvalue weighted by Gasteiger charge is 2.43. The summed E-state index contributed by atoms with van der Waals surface area (Å²) in [5.74, 6) is -0.478. The maximum absolute atomic E-state index is 11.5. The van der Waals surface area contributed by atoms with Crippen LogP contribution in [0.25, 0.3) is 0 Å². The minimum absolute atomic E-state index is 0.264. The van der Waals surface area contributed by atoms with E-state index in [1.54, 1.807) is 17.6 Å². The maximum atomic E-state index is 11.5. The number of benzene rings is 2. The monoisotopic (exact) mass is 351 g/mol. The second kappa shape index (κ2) is 6.74. The van der Waals surface area contributed by atoms with Crippen LogP contribution in [0.2, 0.25) is 0 Å². The molecule has 1 saturated heterocycles. The fourth-order valence-electron chi connectivity index (χ4n) is 4.40. The first-order valence-electron chi connectivity index (χ1n) is 9.18. The van der Waals surface area contributed by atoms with Crippen molar-refractivity contribution in [1.29, 1.82) is 0 Å². The van der Waals surface area contributed by atoms with Crippen molar-refractivity contribution in [2.45, 2.75) is 24.8 Å². The summed E-state index contributed by atoms with van der Waals surface area (Å²) in [7, 11) is 2.20. The third-order valence-corrected chi connectivity index (χ3v) is 5.94. The fourth-order valence-corrected chi connectivity index (χ4v) is 4.40. The van der Waals surface area contributed by atoms with E-state index in [2.05, 4.69) is 41.1 Å². The summed E-state index contributed by atoms with van der Waals surface area (Å²) in [6.45, 7) is 4.18. The van der Waals surface area contributed by atoms with Crippen molar-refractivity contribution in [2.75, 3.05) is 31.6 Å². The molecule has 5 nitrogen and oxygen atoms in total. The third-order valence-electron chi connectivity index (χ3n) is 5.94. The second-order valence-electron chi connectivity index (χ2n) is 7.59. The molecule has 4 rings (SSSR count). The van der Waals surface area contributed by atoms with Gasteiger partial charge in [0.25, 0.3) is 5.91 Å². The molecule has 2 aromatic rings. The highest BCUT2D eigenvalue weighted by Crippen LogP contribution is 2.47. The minimum atomic E-state index is -0.478. The summed E-state index contributed by atoms with van der Waals surface area (Å²) in [4.78, 5) is 16.4. The number of amides is 1. The van der Waals surface area contributed by atoms with E-state index >= 15 is 0 Å². The number of likely N-dealkylation sites (tertiary alicyclic amines) is 1. The van der Waals surface area contributed by atoms with Crippen LogP contribution in [0.3, 0.4) is 0 Å². The Kier molecular flexibility index (Phi) is 4.42. The summed E-state index contributed by atoms with van der Waals surface area (Å²) in [5, 5.41) is 8.74. The number of para-hydroxylation sites is 1. The molecule has 0 aromatic heterocycles. The van der Waals surface area contributed by atoms with Gasteiger partial charge in [-0.2, -0.15) is 0 Å². The number of piperidine rings is 1. The first-order chi connectivity index (χ1) is 12.6. The summed E-state index contributed by atoms with van der Waals surface area (Å²) in [5.41, 5.74) is 6.40. The average molecular weight is 351 g/mol. The Morgan fingerprint density at radius 3 is 2.50 bits per heavy atom. The largest absolute Gasteiger partial charge is 0.366 e. The van der Waals surface area contributed by atoms with Gasteiger partial charge in [-0.25, -0.2) is 5.48 Å². The number of carbonyl (C=O) groups is 1. The molecule has 5 heteroatoms. The van der Waals surface area contributed by atoms with Crippen LogP contribution in [0.15, 0.2) is 48.5 Å². The number of fused-ring (bicyclic) bond motifs is 2. The lowest BCUT2D eigenvalue weighted by Gasteiger charge is -2.38. The van der Waals surface area contributed by atoms with Gasteiger partial charge in [-0.05, 0) is 62.3 Å². The predicted molar refractivity (Wildman–Crippen MR) is 102 cm³/mol. The molecule has 2 aliphatic rings. The summed E-state index contributed by atoms with van der Waals surface area (Å²) in [6, 6.07) is 16.3. The Balaban J connectivity index is 1.57. The number of hydrogen-bond acceptors (Lipinski definition) is 4. The molecule has 0 bridgehead atoms. The van der Waals surface area contributed by atoms with Crippen LogP contribution < -0.4 is 10.4 Å². The van der Waals surface area contributed by atoms with Crippen molar-refractivity contribution in [3.63, 3.8) is 0 Å². The van der Waals surface area contributed by atoms with Gasteiger partial charge in [-0.3, -0.25) is 10.0 Å². The Morgan fingerprint density at radius 1 is 1.12 bits per heavy atom. The maximum Gasteiger partial charge on any atom is 0.274 e. The van der Waals surface area contributed by atoms with Crippen LogP contribution in [0.5, 0.6) is 0 Å². The standard InChI is InChI=1S/C21H25N3O2/c1-23-12-10-21(11-13-23)15-24(19-5-3-2-4-18(19)21)14-16-6-8-17(9-7-16)20(25)22-26/h2-9,26H,10-15H2,1H3,(H,22,25). The van der Waals surface area contributed by atoms with Gasteiger partial charge in [0.1, 0.15) is 0 Å². The number of nitrogens with one attached hydrogen (secondary N) is 1. The lowest BCUT2D eigenvalue weighted by Crippen LogP contribution is -2.43. The predicted octanol–water partition coefficient (Wildman–Crippen LogP) is 2.79. The number of carbonyl (C=O) groups excluding carboxylic acids is 1. The van der Waals surface area contributed by atoms with Gasteiger partial charge in [-0.1, -0.05) is 30.3 Å². The molecule has 136 valence electrons. The van der Waals surface area contributed by atoms with E-state index in [-0.39, 0.29) is 5.41 Å². The van der Waals surface area contributed by atoms with Crippen molar-refractivity contribution in [3.05, 3.63) is 65.2 Å². The van der Waals surface area contributed by atoms with Crippen LogP contribution in [-0.2, 0) is 12.0 Å². The van der Waals surface area contributed by atoms with E-state index in [0.717, 1.165) is 26.2 Å². The van der Waals surface area contributed by atoms with Crippen LogP contribution in [-0.4, -0.2) is 42.7 Å². The molecule has 0 radical (unpaired) electrons. The van der Waals surface area contributed by atoms with E-state index in [4.69, 9.17) is 5.21 Å². The van der Waals surface area contributed by atoms with Gasteiger partial charge in [0, 0.05) is 29.8 Å². The van der Waals surface area contributed by atoms with E-state index in [9.17, 15) is 4.79 Å². The summed E-state index contributed by atoms with van der Waals surface area (Å²) < 4.78 is 0. The molecule has 2 heterocycles. The quantitative estimate of drug-likeness (QED) is 0.660. The summed E-state index contributed by atoms with van der Waals surface area (Å²) in [6.07, 6.45) is 2.40. The van der Waals surface area contributed by atoms with E-state index in [1.165, 1.54) is 29.7 Å². The smallest absolute Gasteiger partial charge is 0.274 e. The normalized spacial score (nSPS) is 18.8. The van der Waals surface area contributed by atoms with Crippen LogP contribution in [0.4, 0.5) is 5.69 Å². The Hall–Kier alpha value is -2.37. The van der Waals surface area contributed by atoms with Gasteiger partial charge >= 0.3 is 0 Å². The molecule has 1 fully saturated rings. The number of hydrogen-bond donors (Lipinski definition) is 2. The molecule has 1 spiro atoms. The minimum Gasteiger partial charge on any atom is -0.366 e. The first-order valence-corrected chi connectivity index (χ1v) is 9.18. The molecule has 1 amide bonds. The summed E-state index contributed by atoms with van der Waals surface area (Å²) >= 11 is 0. The van der Waals surface area contributed by atoms with Gasteiger partial charge in [0.15, 0.2) is 0 Å². The molecule has 26 heavy (non-hydrogen) atoms. The lowest BCUT2D eigenvalue weighted by atomic mass is 9.74. The van der Waals surface area contributed by atoms with Crippen molar-refractivity contribution in [1.82, 2.24) is 10.4 Å². The van der Waals surface area contributed by atoms with E-state index in [0.29, 0.717) is 5.56 Å². The van der Waals surface area contributed by atoms with Gasteiger partial charge < -0.3 is 9.80 Å². The zero-order valence-electron chi connectivity index (χ0n) is 15.1. The van der Waals surface area contributed by atoms with Crippen LogP contribution in [0.1, 0.15) is 34.3 Å². The molecule has 0 atom stereocenters. The first kappa shape index (κ1) is 17.1. The number of anilines is 1.